The van der Waals surface area contributed by atoms with Crippen molar-refractivity contribution in [3.8, 4) is 5.75 Å². The van der Waals surface area contributed by atoms with E-state index < -0.39 is 0 Å². The Balaban J connectivity index is 2.49. The number of carbonyl (C=O) groups is 1. The molecule has 0 radical (unpaired) electrons. The molecule has 112 valence electrons. The van der Waals surface area contributed by atoms with Crippen LogP contribution >= 0.6 is 0 Å². The van der Waals surface area contributed by atoms with Crippen LogP contribution in [0, 0.1) is 0 Å². The predicted octanol–water partition coefficient (Wildman–Crippen LogP) is 2.63. The number of nitrogens with zero attached hydrogens (tertiary/aromatic N) is 2. The molecule has 2 aromatic rings. The van der Waals surface area contributed by atoms with Crippen LogP contribution < -0.4 is 9.64 Å². The highest BCUT2D eigenvalue weighted by molar-refractivity contribution is 5.97. The number of esters is 1. The van der Waals surface area contributed by atoms with E-state index >= 15 is 0 Å². The number of methoxy groups -OCH3 is 2. The summed E-state index contributed by atoms with van der Waals surface area (Å²) in [6.07, 6.45) is 2.65. The van der Waals surface area contributed by atoms with Crippen molar-refractivity contribution in [1.82, 2.24) is 4.98 Å². The normalized spacial score (nSPS) is 10.4. The SMILES string of the molecule is CCCN(CC(=O)OC)c1nccc2c(OC)cccc12. The zero-order valence-corrected chi connectivity index (χ0v) is 12.6. The van der Waals surface area contributed by atoms with E-state index in [0.29, 0.717) is 0 Å². The summed E-state index contributed by atoms with van der Waals surface area (Å²) in [6.45, 7) is 2.99. The van der Waals surface area contributed by atoms with Crippen LogP contribution in [0.15, 0.2) is 30.5 Å². The third-order valence-corrected chi connectivity index (χ3v) is 3.31. The Bertz CT molecular complexity index is 628. The molecular weight excluding hydrogens is 268 g/mol. The van der Waals surface area contributed by atoms with E-state index in [1.54, 1.807) is 13.3 Å². The van der Waals surface area contributed by atoms with E-state index in [1.807, 2.05) is 29.2 Å². The van der Waals surface area contributed by atoms with Crippen molar-refractivity contribution in [2.24, 2.45) is 0 Å². The molecule has 1 aromatic heterocycles. The molecule has 0 N–H and O–H groups in total. The van der Waals surface area contributed by atoms with Crippen LogP contribution in [0.2, 0.25) is 0 Å². The van der Waals surface area contributed by atoms with Crippen LogP contribution in [0.4, 0.5) is 5.82 Å². The van der Waals surface area contributed by atoms with Gasteiger partial charge in [0.25, 0.3) is 0 Å². The molecule has 0 aliphatic heterocycles. The zero-order valence-electron chi connectivity index (χ0n) is 12.6. The van der Waals surface area contributed by atoms with Gasteiger partial charge >= 0.3 is 5.97 Å². The second-order valence-corrected chi connectivity index (χ2v) is 4.69. The lowest BCUT2D eigenvalue weighted by atomic mass is 10.1. The molecule has 5 nitrogen and oxygen atoms in total. The summed E-state index contributed by atoms with van der Waals surface area (Å²) >= 11 is 0. The Morgan fingerprint density at radius 1 is 1.24 bits per heavy atom. The average molecular weight is 288 g/mol. The monoisotopic (exact) mass is 288 g/mol. The summed E-state index contributed by atoms with van der Waals surface area (Å²) in [7, 11) is 3.04. The van der Waals surface area contributed by atoms with E-state index in [2.05, 4.69) is 11.9 Å². The second kappa shape index (κ2) is 6.92. The highest BCUT2D eigenvalue weighted by Crippen LogP contribution is 2.30. The van der Waals surface area contributed by atoms with Gasteiger partial charge in [-0.1, -0.05) is 19.1 Å². The van der Waals surface area contributed by atoms with E-state index in [9.17, 15) is 4.79 Å². The van der Waals surface area contributed by atoms with Crippen molar-refractivity contribution in [2.45, 2.75) is 13.3 Å². The quantitative estimate of drug-likeness (QED) is 0.765. The number of ether oxygens (including phenoxy) is 2. The number of carbonyl (C=O) groups excluding carboxylic acids is 1. The van der Waals surface area contributed by atoms with Crippen LogP contribution in [0.5, 0.6) is 5.75 Å². The van der Waals surface area contributed by atoms with E-state index in [0.717, 1.165) is 35.3 Å². The lowest BCUT2D eigenvalue weighted by Gasteiger charge is -2.23. The van der Waals surface area contributed by atoms with Gasteiger partial charge in [-0.25, -0.2) is 4.98 Å². The lowest BCUT2D eigenvalue weighted by Crippen LogP contribution is -2.32. The zero-order chi connectivity index (χ0) is 15.2. The number of aromatic nitrogens is 1. The van der Waals surface area contributed by atoms with Crippen LogP contribution in [0.3, 0.4) is 0 Å². The molecule has 2 rings (SSSR count). The summed E-state index contributed by atoms with van der Waals surface area (Å²) in [6, 6.07) is 7.74. The Kier molecular flexibility index (Phi) is 4.98. The molecule has 1 heterocycles. The van der Waals surface area contributed by atoms with Crippen molar-refractivity contribution >= 4 is 22.6 Å². The van der Waals surface area contributed by atoms with Gasteiger partial charge in [-0.05, 0) is 18.6 Å². The average Bonchev–Trinajstić information content (AvgIpc) is 2.53. The third kappa shape index (κ3) is 3.24. The first kappa shape index (κ1) is 15.1. The molecule has 0 saturated heterocycles. The van der Waals surface area contributed by atoms with Gasteiger partial charge in [0, 0.05) is 23.5 Å². The van der Waals surface area contributed by atoms with Crippen molar-refractivity contribution < 1.29 is 14.3 Å². The minimum absolute atomic E-state index is 0.188. The summed E-state index contributed by atoms with van der Waals surface area (Å²) in [5, 5.41) is 1.95. The molecule has 21 heavy (non-hydrogen) atoms. The largest absolute Gasteiger partial charge is 0.496 e. The lowest BCUT2D eigenvalue weighted by molar-refractivity contribution is -0.138. The number of hydrogen-bond acceptors (Lipinski definition) is 5. The van der Waals surface area contributed by atoms with Gasteiger partial charge in [-0.15, -0.1) is 0 Å². The molecule has 0 spiro atoms. The van der Waals surface area contributed by atoms with Crippen LogP contribution in [0.25, 0.3) is 10.8 Å². The van der Waals surface area contributed by atoms with Crippen molar-refractivity contribution in [3.63, 3.8) is 0 Å². The maximum atomic E-state index is 11.6. The third-order valence-electron chi connectivity index (χ3n) is 3.31. The van der Waals surface area contributed by atoms with Crippen LogP contribution in [-0.2, 0) is 9.53 Å². The fourth-order valence-corrected chi connectivity index (χ4v) is 2.34. The smallest absolute Gasteiger partial charge is 0.325 e. The number of pyridine rings is 1. The maximum Gasteiger partial charge on any atom is 0.325 e. The Labute approximate surface area is 124 Å². The minimum atomic E-state index is -0.273. The summed E-state index contributed by atoms with van der Waals surface area (Å²) in [5.74, 6) is 1.30. The predicted molar refractivity (Wildman–Crippen MR) is 82.8 cm³/mol. The number of fused-ring (bicyclic) bond motifs is 1. The van der Waals surface area contributed by atoms with Gasteiger partial charge in [-0.2, -0.15) is 0 Å². The molecule has 0 amide bonds. The van der Waals surface area contributed by atoms with E-state index in [-0.39, 0.29) is 12.5 Å². The van der Waals surface area contributed by atoms with Gasteiger partial charge in [0.15, 0.2) is 0 Å². The van der Waals surface area contributed by atoms with Crippen molar-refractivity contribution in [1.29, 1.82) is 0 Å². The minimum Gasteiger partial charge on any atom is -0.496 e. The first-order valence-electron chi connectivity index (χ1n) is 6.94. The Morgan fingerprint density at radius 3 is 2.71 bits per heavy atom. The first-order chi connectivity index (χ1) is 10.2. The molecule has 0 bridgehead atoms. The maximum absolute atomic E-state index is 11.6. The molecular formula is C16H20N2O3. The molecule has 0 aliphatic carbocycles. The fraction of sp³-hybridized carbons (Fsp3) is 0.375. The topological polar surface area (TPSA) is 51.7 Å². The standard InChI is InChI=1S/C16H20N2O3/c1-4-10-18(11-15(19)21-3)16-13-6-5-7-14(20-2)12(13)8-9-17-16/h5-9H,4,10-11H2,1-3H3. The number of benzene rings is 1. The van der Waals surface area contributed by atoms with Gasteiger partial charge in [0.05, 0.1) is 14.2 Å². The Morgan fingerprint density at radius 2 is 2.05 bits per heavy atom. The molecule has 0 unspecified atom stereocenters. The number of rotatable bonds is 6. The molecule has 0 atom stereocenters. The molecule has 5 heteroatoms. The highest BCUT2D eigenvalue weighted by Gasteiger charge is 2.16. The highest BCUT2D eigenvalue weighted by atomic mass is 16.5. The van der Waals surface area contributed by atoms with Crippen LogP contribution in [0.1, 0.15) is 13.3 Å². The molecule has 0 aliphatic rings. The summed E-state index contributed by atoms with van der Waals surface area (Å²) in [5.41, 5.74) is 0. The van der Waals surface area contributed by atoms with E-state index in [1.165, 1.54) is 7.11 Å². The van der Waals surface area contributed by atoms with Gasteiger partial charge < -0.3 is 14.4 Å². The molecule has 1 aromatic carbocycles. The summed E-state index contributed by atoms with van der Waals surface area (Å²) < 4.78 is 10.2. The van der Waals surface area contributed by atoms with Gasteiger partial charge in [0.2, 0.25) is 0 Å². The van der Waals surface area contributed by atoms with Crippen molar-refractivity contribution in [3.05, 3.63) is 30.5 Å². The fourth-order valence-electron chi connectivity index (χ4n) is 2.34. The number of hydrogen-bond donors (Lipinski definition) is 0. The Hall–Kier alpha value is -2.30. The van der Waals surface area contributed by atoms with Crippen LogP contribution in [-0.4, -0.2) is 38.3 Å². The first-order valence-corrected chi connectivity index (χ1v) is 6.94. The van der Waals surface area contributed by atoms with Gasteiger partial charge in [0.1, 0.15) is 18.1 Å². The van der Waals surface area contributed by atoms with Gasteiger partial charge in [-0.3, -0.25) is 4.79 Å². The molecule has 0 saturated carbocycles. The number of anilines is 1. The van der Waals surface area contributed by atoms with E-state index in [4.69, 9.17) is 9.47 Å². The van der Waals surface area contributed by atoms with Crippen molar-refractivity contribution in [2.75, 3.05) is 32.2 Å². The second-order valence-electron chi connectivity index (χ2n) is 4.69. The molecule has 0 fully saturated rings. The summed E-state index contributed by atoms with van der Waals surface area (Å²) in [4.78, 5) is 18.0.